The van der Waals surface area contributed by atoms with Gasteiger partial charge >= 0.3 is 216 Å². The van der Waals surface area contributed by atoms with Crippen molar-refractivity contribution >= 4 is 47.7 Å². The van der Waals surface area contributed by atoms with Gasteiger partial charge in [0, 0.05) is 0 Å². The molecule has 0 aliphatic rings. The second kappa shape index (κ2) is 19.5. The molecular formula is C21H45GaO9S3. The number of unbranched alkanes of at least 4 members (excludes halogenated alkanes) is 12. The molecule has 34 heavy (non-hydrogen) atoms. The summed E-state index contributed by atoms with van der Waals surface area (Å²) in [6.45, 7) is 6.13. The van der Waals surface area contributed by atoms with Crippen molar-refractivity contribution in [2.45, 2.75) is 117 Å². The zero-order chi connectivity index (χ0) is 25.9. The molecule has 0 aromatic heterocycles. The Morgan fingerprint density at radius 3 is 0.882 bits per heavy atom. The Kier molecular flexibility index (Phi) is 19.7. The van der Waals surface area contributed by atoms with Crippen molar-refractivity contribution in [2.75, 3.05) is 17.3 Å². The fraction of sp³-hybridized carbons (Fsp3) is 1.00. The van der Waals surface area contributed by atoms with E-state index in [2.05, 4.69) is 0 Å². The molecule has 0 bridgehead atoms. The van der Waals surface area contributed by atoms with Gasteiger partial charge < -0.3 is 0 Å². The minimum atomic E-state index is -4.66. The molecule has 0 N–H and O–H groups in total. The van der Waals surface area contributed by atoms with Gasteiger partial charge in [0.15, 0.2) is 0 Å². The van der Waals surface area contributed by atoms with Gasteiger partial charge in [-0.1, -0.05) is 0 Å². The second-order valence-electron chi connectivity index (χ2n) is 8.61. The van der Waals surface area contributed by atoms with Crippen LogP contribution in [0, 0.1) is 0 Å². The van der Waals surface area contributed by atoms with Crippen LogP contribution in [-0.4, -0.2) is 59.8 Å². The fourth-order valence-corrected chi connectivity index (χ4v) is 14.4. The average Bonchev–Trinajstić information content (AvgIpc) is 2.72. The van der Waals surface area contributed by atoms with Crippen molar-refractivity contribution in [1.29, 1.82) is 0 Å². The van der Waals surface area contributed by atoms with E-state index < -0.39 is 47.7 Å². The fourth-order valence-electron chi connectivity index (χ4n) is 3.20. The molecule has 204 valence electrons. The molecule has 0 heterocycles. The Labute approximate surface area is 215 Å². The van der Waals surface area contributed by atoms with Gasteiger partial charge in [-0.15, -0.1) is 0 Å². The predicted octanol–water partition coefficient (Wildman–Crippen LogP) is 4.92. The third kappa shape index (κ3) is 20.5. The number of hydrogen-bond acceptors (Lipinski definition) is 9. The van der Waals surface area contributed by atoms with Crippen molar-refractivity contribution in [3.63, 3.8) is 0 Å². The Hall–Kier alpha value is 0.366. The molecule has 0 amide bonds. The van der Waals surface area contributed by atoms with Crippen LogP contribution >= 0.6 is 0 Å². The molecule has 0 fully saturated rings. The molecule has 0 spiro atoms. The van der Waals surface area contributed by atoms with E-state index in [1.807, 2.05) is 20.8 Å². The molecule has 0 saturated carbocycles. The van der Waals surface area contributed by atoms with Crippen LogP contribution in [-0.2, 0) is 39.3 Å². The standard InChI is InChI=1S/3C7H16O3S.Ga/c3*1-2-3-4-5-6-7-11(8,9)10;/h3*2-7H2,1H3,(H,8,9,10);/q;;;+3/p-3. The predicted molar refractivity (Wildman–Crippen MR) is 137 cm³/mol. The molecule has 0 aromatic carbocycles. The van der Waals surface area contributed by atoms with Gasteiger partial charge in [-0.2, -0.15) is 0 Å². The molecule has 0 saturated heterocycles. The Balaban J connectivity index is 5.09. The SMILES string of the molecule is CCCCCCCS(=O)(=O)[O][Ga]([O]S(=O)(=O)CCCCCCC)[O]S(=O)(=O)CCCCCCC. The summed E-state index contributed by atoms with van der Waals surface area (Å²) in [5.41, 5.74) is 0. The monoisotopic (exact) mass is 606 g/mol. The normalized spacial score (nSPS) is 12.8. The first-order valence-corrected chi connectivity index (χ1v) is 20.4. The number of hydrogen-bond donors (Lipinski definition) is 0. The molecule has 0 aromatic rings. The first-order valence-electron chi connectivity index (χ1n) is 12.7. The van der Waals surface area contributed by atoms with Crippen LogP contribution in [0.4, 0.5) is 0 Å². The van der Waals surface area contributed by atoms with Crippen molar-refractivity contribution < 1.29 is 34.2 Å². The van der Waals surface area contributed by atoms with Crippen LogP contribution in [0.15, 0.2) is 0 Å². The van der Waals surface area contributed by atoms with Gasteiger partial charge in [0.05, 0.1) is 0 Å². The van der Waals surface area contributed by atoms with Crippen molar-refractivity contribution in [3.05, 3.63) is 0 Å². The van der Waals surface area contributed by atoms with E-state index in [1.54, 1.807) is 0 Å². The summed E-state index contributed by atoms with van der Waals surface area (Å²) in [5, 5.41) is 0. The summed E-state index contributed by atoms with van der Waals surface area (Å²) in [6, 6.07) is 0. The zero-order valence-electron chi connectivity index (χ0n) is 21.2. The zero-order valence-corrected chi connectivity index (χ0v) is 26.1. The molecule has 0 aliphatic carbocycles. The van der Waals surface area contributed by atoms with E-state index in [-0.39, 0.29) is 17.3 Å². The van der Waals surface area contributed by atoms with Gasteiger partial charge in [-0.05, 0) is 0 Å². The first-order chi connectivity index (χ1) is 16.0. The summed E-state index contributed by atoms with van der Waals surface area (Å²) in [7, 11) is -12.5. The van der Waals surface area contributed by atoms with Crippen LogP contribution in [0.25, 0.3) is 0 Å². The van der Waals surface area contributed by atoms with Crippen LogP contribution in [0.3, 0.4) is 0 Å². The maximum atomic E-state index is 12.4. The van der Waals surface area contributed by atoms with Gasteiger partial charge in [-0.25, -0.2) is 0 Å². The van der Waals surface area contributed by atoms with Crippen molar-refractivity contribution in [2.24, 2.45) is 0 Å². The summed E-state index contributed by atoms with van der Waals surface area (Å²) < 4.78 is 89.2. The van der Waals surface area contributed by atoms with Crippen LogP contribution in [0.2, 0.25) is 0 Å². The summed E-state index contributed by atoms with van der Waals surface area (Å²) in [4.78, 5) is 0. The van der Waals surface area contributed by atoms with Crippen LogP contribution < -0.4 is 0 Å². The third-order valence-corrected chi connectivity index (χ3v) is 17.4. The number of rotatable bonds is 24. The first kappa shape index (κ1) is 34.4. The summed E-state index contributed by atoms with van der Waals surface area (Å²) >= 11 is -4.66. The van der Waals surface area contributed by atoms with E-state index >= 15 is 0 Å². The van der Waals surface area contributed by atoms with E-state index in [9.17, 15) is 25.3 Å². The van der Waals surface area contributed by atoms with Crippen LogP contribution in [0.1, 0.15) is 117 Å². The van der Waals surface area contributed by atoms with Crippen molar-refractivity contribution in [1.82, 2.24) is 0 Å². The minimum absolute atomic E-state index is 0.334. The molecular weight excluding hydrogens is 562 g/mol. The Bertz CT molecular complexity index is 703. The van der Waals surface area contributed by atoms with E-state index in [1.165, 1.54) is 0 Å². The molecule has 0 rings (SSSR count). The molecule has 0 atom stereocenters. The third-order valence-electron chi connectivity index (χ3n) is 5.17. The molecule has 0 radical (unpaired) electrons. The quantitative estimate of drug-likeness (QED) is 0.111. The molecule has 9 nitrogen and oxygen atoms in total. The van der Waals surface area contributed by atoms with E-state index in [4.69, 9.17) is 8.93 Å². The Morgan fingerprint density at radius 2 is 0.647 bits per heavy atom. The summed E-state index contributed by atoms with van der Waals surface area (Å²) in [6.07, 6.45) is 11.7. The van der Waals surface area contributed by atoms with Gasteiger partial charge in [0.1, 0.15) is 0 Å². The van der Waals surface area contributed by atoms with E-state index in [0.717, 1.165) is 57.8 Å². The van der Waals surface area contributed by atoms with Crippen LogP contribution in [0.5, 0.6) is 0 Å². The van der Waals surface area contributed by atoms with Crippen molar-refractivity contribution in [3.8, 4) is 0 Å². The average molecular weight is 608 g/mol. The summed E-state index contributed by atoms with van der Waals surface area (Å²) in [5.74, 6) is -1.00. The topological polar surface area (TPSA) is 130 Å². The molecule has 0 unspecified atom stereocenters. The van der Waals surface area contributed by atoms with Gasteiger partial charge in [-0.3, -0.25) is 0 Å². The maximum absolute atomic E-state index is 12.4. The second-order valence-corrected chi connectivity index (χ2v) is 18.6. The van der Waals surface area contributed by atoms with Gasteiger partial charge in [0.25, 0.3) is 0 Å². The molecule has 13 heteroatoms. The molecule has 0 aliphatic heterocycles. The van der Waals surface area contributed by atoms with Gasteiger partial charge in [0.2, 0.25) is 0 Å². The van der Waals surface area contributed by atoms with E-state index in [0.29, 0.717) is 38.5 Å². The Morgan fingerprint density at radius 1 is 0.412 bits per heavy atom.